The SMILES string of the molecule is COC(=O)c1cccnc1.[Cr]. The van der Waals surface area contributed by atoms with Crippen LogP contribution in [0.4, 0.5) is 0 Å². The predicted molar refractivity (Wildman–Crippen MR) is 35.6 cm³/mol. The van der Waals surface area contributed by atoms with E-state index in [4.69, 9.17) is 0 Å². The van der Waals surface area contributed by atoms with Crippen molar-refractivity contribution in [2.24, 2.45) is 0 Å². The maximum atomic E-state index is 10.8. The molecule has 0 radical (unpaired) electrons. The molecule has 58 valence electrons. The van der Waals surface area contributed by atoms with E-state index in [1.807, 2.05) is 0 Å². The fourth-order valence-corrected chi connectivity index (χ4v) is 0.601. The maximum absolute atomic E-state index is 10.8. The number of methoxy groups -OCH3 is 1. The molecule has 11 heavy (non-hydrogen) atoms. The van der Waals surface area contributed by atoms with Crippen LogP contribution in [0.5, 0.6) is 0 Å². The van der Waals surface area contributed by atoms with Gasteiger partial charge in [0, 0.05) is 29.8 Å². The number of carbonyl (C=O) groups is 1. The molecule has 0 aliphatic heterocycles. The van der Waals surface area contributed by atoms with Crippen LogP contribution in [0.1, 0.15) is 10.4 Å². The van der Waals surface area contributed by atoms with Crippen molar-refractivity contribution >= 4 is 5.97 Å². The van der Waals surface area contributed by atoms with Crippen molar-refractivity contribution in [1.82, 2.24) is 4.98 Å². The van der Waals surface area contributed by atoms with E-state index in [0.29, 0.717) is 5.56 Å². The molecule has 0 atom stereocenters. The number of rotatable bonds is 1. The third kappa shape index (κ3) is 2.71. The van der Waals surface area contributed by atoms with Gasteiger partial charge in [0.25, 0.3) is 0 Å². The first-order chi connectivity index (χ1) is 4.84. The fourth-order valence-electron chi connectivity index (χ4n) is 0.601. The third-order valence-corrected chi connectivity index (χ3v) is 1.08. The minimum absolute atomic E-state index is 0. The van der Waals surface area contributed by atoms with Gasteiger partial charge in [-0.05, 0) is 12.1 Å². The second-order valence-electron chi connectivity index (χ2n) is 1.73. The molecule has 3 nitrogen and oxygen atoms in total. The smallest absolute Gasteiger partial charge is 0.339 e. The molecular formula is C7H7CrNO2. The standard InChI is InChI=1S/C7H7NO2.Cr/c1-10-7(9)6-3-2-4-8-5-6;/h2-5H,1H3;. The van der Waals surface area contributed by atoms with E-state index in [0.717, 1.165) is 0 Å². The van der Waals surface area contributed by atoms with Crippen LogP contribution in [0.15, 0.2) is 24.5 Å². The van der Waals surface area contributed by atoms with Crippen molar-refractivity contribution in [3.63, 3.8) is 0 Å². The zero-order chi connectivity index (χ0) is 7.40. The Balaban J connectivity index is 0.000001000. The first-order valence-corrected chi connectivity index (χ1v) is 2.83. The molecule has 1 rings (SSSR count). The summed E-state index contributed by atoms with van der Waals surface area (Å²) in [6.07, 6.45) is 3.07. The van der Waals surface area contributed by atoms with E-state index in [2.05, 4.69) is 9.72 Å². The summed E-state index contributed by atoms with van der Waals surface area (Å²) in [5.41, 5.74) is 0.477. The summed E-state index contributed by atoms with van der Waals surface area (Å²) in [6.45, 7) is 0. The summed E-state index contributed by atoms with van der Waals surface area (Å²) in [4.78, 5) is 14.5. The van der Waals surface area contributed by atoms with Crippen molar-refractivity contribution in [1.29, 1.82) is 0 Å². The summed E-state index contributed by atoms with van der Waals surface area (Å²) >= 11 is 0. The van der Waals surface area contributed by atoms with Gasteiger partial charge in [-0.15, -0.1) is 0 Å². The summed E-state index contributed by atoms with van der Waals surface area (Å²) in [5.74, 6) is -0.354. The van der Waals surface area contributed by atoms with E-state index >= 15 is 0 Å². The zero-order valence-corrected chi connectivity index (χ0v) is 7.26. The Morgan fingerprint density at radius 1 is 1.64 bits per heavy atom. The number of hydrogen-bond acceptors (Lipinski definition) is 3. The molecule has 1 heterocycles. The van der Waals surface area contributed by atoms with Gasteiger partial charge in [-0.25, -0.2) is 4.79 Å². The molecule has 0 amide bonds. The van der Waals surface area contributed by atoms with Crippen molar-refractivity contribution in [2.75, 3.05) is 7.11 Å². The summed E-state index contributed by atoms with van der Waals surface area (Å²) in [6, 6.07) is 3.34. The van der Waals surface area contributed by atoms with E-state index < -0.39 is 0 Å². The van der Waals surface area contributed by atoms with Crippen LogP contribution in [0.2, 0.25) is 0 Å². The minimum atomic E-state index is -0.354. The van der Waals surface area contributed by atoms with Crippen molar-refractivity contribution in [2.45, 2.75) is 0 Å². The van der Waals surface area contributed by atoms with Gasteiger partial charge in [-0.2, -0.15) is 0 Å². The van der Waals surface area contributed by atoms with Gasteiger partial charge in [-0.3, -0.25) is 4.98 Å². The zero-order valence-electron chi connectivity index (χ0n) is 5.98. The molecule has 1 aromatic rings. The third-order valence-electron chi connectivity index (χ3n) is 1.08. The Hall–Kier alpha value is -0.848. The molecule has 0 unspecified atom stereocenters. The number of hydrogen-bond donors (Lipinski definition) is 0. The average Bonchev–Trinajstić information content (AvgIpc) is 2.05. The Morgan fingerprint density at radius 2 is 2.36 bits per heavy atom. The van der Waals surface area contributed by atoms with Crippen molar-refractivity contribution < 1.29 is 26.9 Å². The Labute approximate surface area is 75.5 Å². The minimum Gasteiger partial charge on any atom is -0.465 e. The van der Waals surface area contributed by atoms with Crippen LogP contribution in [0.3, 0.4) is 0 Å². The quantitative estimate of drug-likeness (QED) is 0.615. The second kappa shape index (κ2) is 4.89. The molecule has 0 N–H and O–H groups in total. The van der Waals surface area contributed by atoms with Gasteiger partial charge in [0.15, 0.2) is 0 Å². The molecule has 0 spiro atoms. The Kier molecular flexibility index (Phi) is 4.51. The van der Waals surface area contributed by atoms with E-state index in [1.54, 1.807) is 18.3 Å². The van der Waals surface area contributed by atoms with Gasteiger partial charge in [0.05, 0.1) is 12.7 Å². The summed E-state index contributed by atoms with van der Waals surface area (Å²) in [5, 5.41) is 0. The first-order valence-electron chi connectivity index (χ1n) is 2.83. The molecule has 4 heteroatoms. The number of esters is 1. The normalized spacial score (nSPS) is 8.09. The van der Waals surface area contributed by atoms with Gasteiger partial charge in [0.1, 0.15) is 0 Å². The number of nitrogens with zero attached hydrogens (tertiary/aromatic N) is 1. The molecule has 0 aromatic carbocycles. The largest absolute Gasteiger partial charge is 0.465 e. The van der Waals surface area contributed by atoms with Crippen molar-refractivity contribution in [3.05, 3.63) is 30.1 Å². The van der Waals surface area contributed by atoms with Crippen molar-refractivity contribution in [3.8, 4) is 0 Å². The van der Waals surface area contributed by atoms with Crippen LogP contribution in [-0.4, -0.2) is 18.1 Å². The summed E-state index contributed by atoms with van der Waals surface area (Å²) < 4.78 is 4.46. The van der Waals surface area contributed by atoms with E-state index in [1.165, 1.54) is 13.3 Å². The molecule has 0 bridgehead atoms. The van der Waals surface area contributed by atoms with Crippen LogP contribution >= 0.6 is 0 Å². The second-order valence-corrected chi connectivity index (χ2v) is 1.73. The van der Waals surface area contributed by atoms with Crippen LogP contribution in [-0.2, 0) is 22.1 Å². The first kappa shape index (κ1) is 10.2. The molecule has 0 saturated heterocycles. The molecule has 0 aliphatic rings. The molecule has 0 aliphatic carbocycles. The number of ether oxygens (including phenoxy) is 1. The fraction of sp³-hybridized carbons (Fsp3) is 0.143. The Bertz CT molecular complexity index is 225. The number of aromatic nitrogens is 1. The topological polar surface area (TPSA) is 39.2 Å². The van der Waals surface area contributed by atoms with Crippen LogP contribution in [0.25, 0.3) is 0 Å². The van der Waals surface area contributed by atoms with Gasteiger partial charge in [0.2, 0.25) is 0 Å². The van der Waals surface area contributed by atoms with E-state index in [9.17, 15) is 4.79 Å². The molecular weight excluding hydrogens is 182 g/mol. The summed E-state index contributed by atoms with van der Waals surface area (Å²) in [7, 11) is 1.34. The van der Waals surface area contributed by atoms with Crippen LogP contribution in [0, 0.1) is 0 Å². The van der Waals surface area contributed by atoms with Gasteiger partial charge in [-0.1, -0.05) is 0 Å². The maximum Gasteiger partial charge on any atom is 0.339 e. The monoisotopic (exact) mass is 189 g/mol. The Morgan fingerprint density at radius 3 is 2.82 bits per heavy atom. The number of pyridine rings is 1. The average molecular weight is 189 g/mol. The molecule has 1 aromatic heterocycles. The van der Waals surface area contributed by atoms with E-state index in [-0.39, 0.29) is 23.3 Å². The van der Waals surface area contributed by atoms with Crippen LogP contribution < -0.4 is 0 Å². The van der Waals surface area contributed by atoms with Gasteiger partial charge < -0.3 is 4.74 Å². The number of carbonyl (C=O) groups excluding carboxylic acids is 1. The molecule has 0 saturated carbocycles. The molecule has 0 fully saturated rings. The predicted octanol–water partition coefficient (Wildman–Crippen LogP) is 0.866. The van der Waals surface area contributed by atoms with Gasteiger partial charge >= 0.3 is 5.97 Å².